The van der Waals surface area contributed by atoms with Gasteiger partial charge in [0.1, 0.15) is 6.20 Å². The molecular weight excluding hydrogens is 204 g/mol. The van der Waals surface area contributed by atoms with Crippen LogP contribution in [0.4, 0.5) is 10.2 Å². The van der Waals surface area contributed by atoms with Crippen LogP contribution in [-0.2, 0) is 11.3 Å². The molecule has 0 aliphatic rings. The highest BCUT2D eigenvalue weighted by Crippen LogP contribution is 2.06. The molecule has 0 saturated carbocycles. The van der Waals surface area contributed by atoms with Crippen LogP contribution in [0.5, 0.6) is 0 Å². The van der Waals surface area contributed by atoms with Crippen LogP contribution in [0.3, 0.4) is 0 Å². The summed E-state index contributed by atoms with van der Waals surface area (Å²) < 4.78 is 13.1. The summed E-state index contributed by atoms with van der Waals surface area (Å²) in [4.78, 5) is 24.3. The van der Waals surface area contributed by atoms with Crippen LogP contribution in [0, 0.1) is 10.1 Å². The van der Waals surface area contributed by atoms with E-state index in [9.17, 15) is 19.3 Å². The van der Waals surface area contributed by atoms with Crippen LogP contribution in [0.25, 0.3) is 0 Å². The molecule has 0 N–H and O–H groups in total. The molecule has 0 radical (unpaired) electrons. The summed E-state index contributed by atoms with van der Waals surface area (Å²) >= 11 is 0. The first-order valence-electron chi connectivity index (χ1n) is 4.37. The van der Waals surface area contributed by atoms with Crippen molar-refractivity contribution < 1.29 is 14.1 Å². The topological polar surface area (TPSA) is 78.0 Å². The highest BCUT2D eigenvalue weighted by atomic mass is 18.2. The number of carbonyl (C=O) groups is 1. The van der Waals surface area contributed by atoms with E-state index in [1.165, 1.54) is 17.1 Å². The summed E-state index contributed by atoms with van der Waals surface area (Å²) in [5.74, 6) is -0.465. The van der Waals surface area contributed by atoms with Crippen LogP contribution < -0.4 is 0 Å². The van der Waals surface area contributed by atoms with E-state index in [4.69, 9.17) is 0 Å². The molecule has 0 aromatic carbocycles. The molecule has 1 aromatic rings. The van der Waals surface area contributed by atoms with E-state index >= 15 is 0 Å². The number of hydrogen-bond acceptors (Lipinski definition) is 4. The number of aromatic nitrogens is 2. The largest absolute Gasteiger partial charge is 0.381 e. The third kappa shape index (κ3) is 3.45. The number of alkyl halides is 1. The number of Topliss-reactive ketones (excluding diaryl/α,β-unsaturated/α-hetero) is 1. The SMILES string of the molecule is O=C(CCC[18F])Cn1cnc([N+](=O)[O-])c1. The van der Waals surface area contributed by atoms with Crippen LogP contribution in [0.2, 0.25) is 0 Å². The molecule has 6 nitrogen and oxygen atoms in total. The van der Waals surface area contributed by atoms with Gasteiger partial charge in [0.2, 0.25) is 6.33 Å². The highest BCUT2D eigenvalue weighted by Gasteiger charge is 2.11. The smallest absolute Gasteiger partial charge is 0.358 e. The van der Waals surface area contributed by atoms with Gasteiger partial charge in [-0.3, -0.25) is 9.18 Å². The van der Waals surface area contributed by atoms with Gasteiger partial charge in [0, 0.05) is 6.42 Å². The van der Waals surface area contributed by atoms with Gasteiger partial charge in [0.05, 0.1) is 13.2 Å². The van der Waals surface area contributed by atoms with Gasteiger partial charge < -0.3 is 14.7 Å². The van der Waals surface area contributed by atoms with Crippen LogP contribution >= 0.6 is 0 Å². The molecule has 15 heavy (non-hydrogen) atoms. The van der Waals surface area contributed by atoms with Crippen LogP contribution in [0.1, 0.15) is 12.8 Å². The number of carbonyl (C=O) groups excluding carboxylic acids is 1. The zero-order valence-electron chi connectivity index (χ0n) is 7.93. The lowest BCUT2D eigenvalue weighted by atomic mass is 10.2. The maximum Gasteiger partial charge on any atom is 0.381 e. The van der Waals surface area contributed by atoms with E-state index in [2.05, 4.69) is 4.98 Å². The fourth-order valence-corrected chi connectivity index (χ4v) is 1.08. The fourth-order valence-electron chi connectivity index (χ4n) is 1.08. The first kappa shape index (κ1) is 11.3. The monoisotopic (exact) mass is 214 g/mol. The average molecular weight is 214 g/mol. The first-order valence-corrected chi connectivity index (χ1v) is 4.37. The van der Waals surface area contributed by atoms with E-state index in [-0.39, 0.29) is 31.0 Å². The molecule has 7 heteroatoms. The van der Waals surface area contributed by atoms with Crippen molar-refractivity contribution in [2.75, 3.05) is 6.67 Å². The Bertz CT molecular complexity index is 364. The van der Waals surface area contributed by atoms with Gasteiger partial charge in [-0.25, -0.2) is 0 Å². The molecule has 0 saturated heterocycles. The second-order valence-corrected chi connectivity index (χ2v) is 2.99. The predicted molar refractivity (Wildman–Crippen MR) is 49.1 cm³/mol. The van der Waals surface area contributed by atoms with Crippen molar-refractivity contribution in [3.63, 3.8) is 0 Å². The standard InChI is InChI=1S/C8H10FN3O3/c9-3-1-2-7(13)4-11-5-8(10-6-11)12(14)15/h5-6H,1-4H2/i9-1. The van der Waals surface area contributed by atoms with Crippen molar-refractivity contribution in [1.29, 1.82) is 0 Å². The predicted octanol–water partition coefficient (Wildman–Crippen LogP) is 1.11. The van der Waals surface area contributed by atoms with Gasteiger partial charge in [0.15, 0.2) is 5.78 Å². The molecule has 0 aliphatic heterocycles. The Labute approximate surface area is 84.9 Å². The maximum atomic E-state index is 11.7. The molecule has 0 unspecified atom stereocenters. The zero-order chi connectivity index (χ0) is 11.3. The summed E-state index contributed by atoms with van der Waals surface area (Å²) in [7, 11) is 0. The second kappa shape index (κ2) is 5.18. The molecular formula is C8H10FN3O3. The number of nitro groups is 1. The number of hydrogen-bond donors (Lipinski definition) is 0. The summed E-state index contributed by atoms with van der Waals surface area (Å²) in [6.45, 7) is -0.531. The molecule has 0 amide bonds. The van der Waals surface area contributed by atoms with Crippen molar-refractivity contribution in [2.45, 2.75) is 19.4 Å². The molecule has 0 fully saturated rings. The van der Waals surface area contributed by atoms with E-state index in [0.29, 0.717) is 0 Å². The van der Waals surface area contributed by atoms with E-state index in [1.54, 1.807) is 0 Å². The quantitative estimate of drug-likeness (QED) is 0.525. The second-order valence-electron chi connectivity index (χ2n) is 2.99. The normalized spacial score (nSPS) is 10.2. The van der Waals surface area contributed by atoms with Crippen molar-refractivity contribution in [1.82, 2.24) is 9.55 Å². The summed E-state index contributed by atoms with van der Waals surface area (Å²) in [6, 6.07) is 0. The summed E-state index contributed by atoms with van der Waals surface area (Å²) in [5, 5.41) is 10.3. The molecule has 0 bridgehead atoms. The minimum absolute atomic E-state index is 0.000833. The Morgan fingerprint density at radius 1 is 1.67 bits per heavy atom. The van der Waals surface area contributed by atoms with E-state index in [1.807, 2.05) is 0 Å². The maximum absolute atomic E-state index is 11.7. The number of halogens is 1. The molecule has 1 heterocycles. The Morgan fingerprint density at radius 2 is 2.40 bits per heavy atom. The third-order valence-corrected chi connectivity index (χ3v) is 1.75. The minimum Gasteiger partial charge on any atom is -0.358 e. The summed E-state index contributed by atoms with van der Waals surface area (Å²) in [6.07, 6.45) is 2.72. The third-order valence-electron chi connectivity index (χ3n) is 1.75. The molecule has 0 atom stereocenters. The van der Waals surface area contributed by atoms with Gasteiger partial charge >= 0.3 is 5.82 Å². The number of rotatable bonds is 6. The van der Waals surface area contributed by atoms with Crippen molar-refractivity contribution in [2.24, 2.45) is 0 Å². The number of nitrogens with zero attached hydrogens (tertiary/aromatic N) is 3. The fraction of sp³-hybridized carbons (Fsp3) is 0.500. The van der Waals surface area contributed by atoms with Gasteiger partial charge in [-0.15, -0.1) is 0 Å². The van der Waals surface area contributed by atoms with Crippen molar-refractivity contribution in [3.8, 4) is 0 Å². The van der Waals surface area contributed by atoms with Crippen molar-refractivity contribution >= 4 is 11.6 Å². The Hall–Kier alpha value is -1.79. The lowest BCUT2D eigenvalue weighted by molar-refractivity contribution is -0.389. The molecule has 0 spiro atoms. The molecule has 82 valence electrons. The number of ketones is 1. The van der Waals surface area contributed by atoms with Gasteiger partial charge in [-0.2, -0.15) is 0 Å². The Morgan fingerprint density at radius 3 is 2.93 bits per heavy atom. The molecule has 1 rings (SSSR count). The van der Waals surface area contributed by atoms with E-state index in [0.717, 1.165) is 0 Å². The van der Waals surface area contributed by atoms with Crippen LogP contribution in [0.15, 0.2) is 12.5 Å². The number of imidazole rings is 1. The Kier molecular flexibility index (Phi) is 3.90. The minimum atomic E-state index is -0.636. The lowest BCUT2D eigenvalue weighted by Gasteiger charge is -1.97. The zero-order valence-corrected chi connectivity index (χ0v) is 7.93. The summed E-state index contributed by atoms with van der Waals surface area (Å²) in [5.41, 5.74) is 0. The highest BCUT2D eigenvalue weighted by molar-refractivity contribution is 5.78. The average Bonchev–Trinajstić information content (AvgIpc) is 2.63. The van der Waals surface area contributed by atoms with Crippen LogP contribution in [-0.4, -0.2) is 26.9 Å². The van der Waals surface area contributed by atoms with Gasteiger partial charge in [0.25, 0.3) is 0 Å². The van der Waals surface area contributed by atoms with Gasteiger partial charge in [-0.05, 0) is 16.3 Å². The van der Waals surface area contributed by atoms with Gasteiger partial charge in [-0.1, -0.05) is 0 Å². The lowest BCUT2D eigenvalue weighted by Crippen LogP contribution is -2.08. The molecule has 0 aliphatic carbocycles. The molecule has 1 aromatic heterocycles. The first-order chi connectivity index (χ1) is 7.13. The van der Waals surface area contributed by atoms with Crippen molar-refractivity contribution in [3.05, 3.63) is 22.6 Å². The van der Waals surface area contributed by atoms with E-state index < -0.39 is 11.6 Å². The Balaban J connectivity index is 2.50.